The molecular formula is C12H14N2O3. The predicted octanol–water partition coefficient (Wildman–Crippen LogP) is 1.15. The second-order valence-electron chi connectivity index (χ2n) is 4.14. The Morgan fingerprint density at radius 2 is 2.35 bits per heavy atom. The Labute approximate surface area is 99.0 Å². The number of rotatable bonds is 3. The van der Waals surface area contributed by atoms with Gasteiger partial charge in [-0.1, -0.05) is 29.8 Å². The Balaban J connectivity index is 2.25. The van der Waals surface area contributed by atoms with Crippen molar-refractivity contribution in [2.75, 3.05) is 13.1 Å². The van der Waals surface area contributed by atoms with Crippen LogP contribution >= 0.6 is 0 Å². The lowest BCUT2D eigenvalue weighted by molar-refractivity contribution is -0.137. The maximum Gasteiger partial charge on any atom is 0.323 e. The fourth-order valence-corrected chi connectivity index (χ4v) is 2.04. The number of aliphatic carboxylic acids is 1. The van der Waals surface area contributed by atoms with Crippen molar-refractivity contribution in [3.05, 3.63) is 35.4 Å². The number of carbonyl (C=O) groups excluding carboxylic acids is 1. The van der Waals surface area contributed by atoms with Crippen molar-refractivity contribution >= 4 is 12.0 Å². The first-order valence-electron chi connectivity index (χ1n) is 5.41. The maximum absolute atomic E-state index is 11.5. The number of carboxylic acids is 1. The Morgan fingerprint density at radius 1 is 1.59 bits per heavy atom. The summed E-state index contributed by atoms with van der Waals surface area (Å²) in [6.45, 7) is 2.15. The molecular weight excluding hydrogens is 220 g/mol. The van der Waals surface area contributed by atoms with Crippen LogP contribution in [0.25, 0.3) is 0 Å². The van der Waals surface area contributed by atoms with Crippen molar-refractivity contribution in [2.45, 2.75) is 13.0 Å². The molecule has 2 N–H and O–H groups in total. The number of aryl methyl sites for hydroxylation is 1. The molecule has 1 aliphatic heterocycles. The highest BCUT2D eigenvalue weighted by Crippen LogP contribution is 2.24. The third kappa shape index (κ3) is 2.38. The molecule has 5 nitrogen and oxygen atoms in total. The van der Waals surface area contributed by atoms with Crippen molar-refractivity contribution in [1.82, 2.24) is 10.2 Å². The molecule has 2 rings (SSSR count). The zero-order valence-corrected chi connectivity index (χ0v) is 9.51. The highest BCUT2D eigenvalue weighted by atomic mass is 16.4. The number of amides is 2. The van der Waals surface area contributed by atoms with E-state index in [1.54, 1.807) is 0 Å². The monoisotopic (exact) mass is 234 g/mol. The van der Waals surface area contributed by atoms with Crippen LogP contribution in [0.4, 0.5) is 4.79 Å². The summed E-state index contributed by atoms with van der Waals surface area (Å²) in [6.07, 6.45) is 0. The van der Waals surface area contributed by atoms with E-state index in [2.05, 4.69) is 5.32 Å². The lowest BCUT2D eigenvalue weighted by Crippen LogP contribution is -2.34. The van der Waals surface area contributed by atoms with Crippen molar-refractivity contribution in [3.63, 3.8) is 0 Å². The number of urea groups is 1. The molecule has 1 aliphatic rings. The minimum Gasteiger partial charge on any atom is -0.480 e. The number of nitrogens with one attached hydrogen (secondary N) is 1. The first-order chi connectivity index (χ1) is 8.08. The van der Waals surface area contributed by atoms with Crippen molar-refractivity contribution in [1.29, 1.82) is 0 Å². The first-order valence-corrected chi connectivity index (χ1v) is 5.41. The second-order valence-corrected chi connectivity index (χ2v) is 4.14. The van der Waals surface area contributed by atoms with Crippen LogP contribution in [0.2, 0.25) is 0 Å². The quantitative estimate of drug-likeness (QED) is 0.824. The van der Waals surface area contributed by atoms with Crippen LogP contribution < -0.4 is 5.32 Å². The predicted molar refractivity (Wildman–Crippen MR) is 61.7 cm³/mol. The number of carbonyl (C=O) groups is 2. The van der Waals surface area contributed by atoms with Crippen LogP contribution in [0.1, 0.15) is 17.2 Å². The summed E-state index contributed by atoms with van der Waals surface area (Å²) in [5, 5.41) is 11.5. The SMILES string of the molecule is Cc1cccc(C2CNC(=O)N2CC(=O)O)c1. The molecule has 5 heteroatoms. The normalized spacial score (nSPS) is 19.2. The number of hydrogen-bond donors (Lipinski definition) is 2. The van der Waals surface area contributed by atoms with E-state index < -0.39 is 5.97 Å². The Bertz CT molecular complexity index is 459. The number of nitrogens with zero attached hydrogens (tertiary/aromatic N) is 1. The topological polar surface area (TPSA) is 69.6 Å². The highest BCUT2D eigenvalue weighted by Gasteiger charge is 2.33. The number of carboxylic acid groups (broad SMARTS) is 1. The fourth-order valence-electron chi connectivity index (χ4n) is 2.04. The minimum atomic E-state index is -1.00. The summed E-state index contributed by atoms with van der Waals surface area (Å²) in [6, 6.07) is 7.24. The van der Waals surface area contributed by atoms with Crippen LogP contribution in [-0.4, -0.2) is 35.1 Å². The van der Waals surface area contributed by atoms with Crippen LogP contribution in [0.3, 0.4) is 0 Å². The van der Waals surface area contributed by atoms with E-state index in [4.69, 9.17) is 5.11 Å². The van der Waals surface area contributed by atoms with Crippen LogP contribution in [0.5, 0.6) is 0 Å². The molecule has 1 unspecified atom stereocenters. The van der Waals surface area contributed by atoms with E-state index >= 15 is 0 Å². The van der Waals surface area contributed by atoms with Gasteiger partial charge in [-0.3, -0.25) is 4.79 Å². The van der Waals surface area contributed by atoms with Gasteiger partial charge < -0.3 is 15.3 Å². The number of benzene rings is 1. The van der Waals surface area contributed by atoms with Gasteiger partial charge in [-0.05, 0) is 12.5 Å². The lowest BCUT2D eigenvalue weighted by atomic mass is 10.0. The maximum atomic E-state index is 11.5. The Kier molecular flexibility index (Phi) is 2.99. The van der Waals surface area contributed by atoms with Gasteiger partial charge >= 0.3 is 12.0 Å². The average Bonchev–Trinajstić information content (AvgIpc) is 2.60. The van der Waals surface area contributed by atoms with Gasteiger partial charge in [-0.2, -0.15) is 0 Å². The Hall–Kier alpha value is -2.04. The van der Waals surface area contributed by atoms with Crippen LogP contribution in [0.15, 0.2) is 24.3 Å². The molecule has 0 aliphatic carbocycles. The summed E-state index contributed by atoms with van der Waals surface area (Å²) in [4.78, 5) is 23.6. The molecule has 0 bridgehead atoms. The molecule has 0 aromatic heterocycles. The average molecular weight is 234 g/mol. The molecule has 1 saturated heterocycles. The van der Waals surface area contributed by atoms with E-state index in [9.17, 15) is 9.59 Å². The van der Waals surface area contributed by atoms with E-state index in [0.717, 1.165) is 11.1 Å². The van der Waals surface area contributed by atoms with Crippen molar-refractivity contribution in [2.24, 2.45) is 0 Å². The third-order valence-electron chi connectivity index (χ3n) is 2.82. The molecule has 1 fully saturated rings. The van der Waals surface area contributed by atoms with Crippen molar-refractivity contribution < 1.29 is 14.7 Å². The van der Waals surface area contributed by atoms with E-state index in [1.807, 2.05) is 31.2 Å². The summed E-state index contributed by atoms with van der Waals surface area (Å²) in [7, 11) is 0. The van der Waals surface area contributed by atoms with Gasteiger partial charge in [0.05, 0.1) is 6.04 Å². The standard InChI is InChI=1S/C12H14N2O3/c1-8-3-2-4-9(5-8)10-6-13-12(17)14(10)7-11(15)16/h2-5,10H,6-7H2,1H3,(H,13,17)(H,15,16). The number of hydrogen-bond acceptors (Lipinski definition) is 2. The molecule has 1 aromatic carbocycles. The van der Waals surface area contributed by atoms with Gasteiger partial charge in [0, 0.05) is 6.54 Å². The third-order valence-corrected chi connectivity index (χ3v) is 2.82. The van der Waals surface area contributed by atoms with E-state index in [-0.39, 0.29) is 18.6 Å². The van der Waals surface area contributed by atoms with Gasteiger partial charge in [-0.25, -0.2) is 4.79 Å². The molecule has 1 aromatic rings. The molecule has 90 valence electrons. The summed E-state index contributed by atoms with van der Waals surface area (Å²) in [5.74, 6) is -1.00. The zero-order valence-electron chi connectivity index (χ0n) is 9.51. The van der Waals surface area contributed by atoms with Gasteiger partial charge in [-0.15, -0.1) is 0 Å². The molecule has 1 atom stereocenters. The van der Waals surface area contributed by atoms with Gasteiger partial charge in [0.25, 0.3) is 0 Å². The highest BCUT2D eigenvalue weighted by molar-refractivity contribution is 5.82. The molecule has 1 heterocycles. The molecule has 0 saturated carbocycles. The van der Waals surface area contributed by atoms with Crippen LogP contribution in [-0.2, 0) is 4.79 Å². The molecule has 0 radical (unpaired) electrons. The molecule has 2 amide bonds. The largest absolute Gasteiger partial charge is 0.480 e. The van der Waals surface area contributed by atoms with E-state index in [1.165, 1.54) is 4.90 Å². The van der Waals surface area contributed by atoms with Gasteiger partial charge in [0.15, 0.2) is 0 Å². The smallest absolute Gasteiger partial charge is 0.323 e. The summed E-state index contributed by atoms with van der Waals surface area (Å²) >= 11 is 0. The summed E-state index contributed by atoms with van der Waals surface area (Å²) < 4.78 is 0. The van der Waals surface area contributed by atoms with E-state index in [0.29, 0.717) is 6.54 Å². The summed E-state index contributed by atoms with van der Waals surface area (Å²) in [5.41, 5.74) is 2.06. The van der Waals surface area contributed by atoms with Gasteiger partial charge in [0.2, 0.25) is 0 Å². The minimum absolute atomic E-state index is 0.196. The molecule has 0 spiro atoms. The first kappa shape index (κ1) is 11.4. The fraction of sp³-hybridized carbons (Fsp3) is 0.333. The second kappa shape index (κ2) is 4.45. The Morgan fingerprint density at radius 3 is 3.00 bits per heavy atom. The van der Waals surface area contributed by atoms with Crippen molar-refractivity contribution in [3.8, 4) is 0 Å². The molecule has 17 heavy (non-hydrogen) atoms. The zero-order chi connectivity index (χ0) is 12.4. The lowest BCUT2D eigenvalue weighted by Gasteiger charge is -2.21. The van der Waals surface area contributed by atoms with Gasteiger partial charge in [0.1, 0.15) is 6.54 Å². The van der Waals surface area contributed by atoms with Crippen LogP contribution in [0, 0.1) is 6.92 Å².